The van der Waals surface area contributed by atoms with Gasteiger partial charge >= 0.3 is 6.09 Å². The van der Waals surface area contributed by atoms with Crippen molar-refractivity contribution in [1.82, 2.24) is 25.5 Å². The molecule has 0 bridgehead atoms. The van der Waals surface area contributed by atoms with Crippen molar-refractivity contribution < 1.29 is 23.9 Å². The van der Waals surface area contributed by atoms with Crippen LogP contribution in [0.4, 0.5) is 4.79 Å². The van der Waals surface area contributed by atoms with Crippen LogP contribution < -0.4 is 20.9 Å². The predicted octanol–water partition coefficient (Wildman–Crippen LogP) is 5.30. The molecule has 50 heavy (non-hydrogen) atoms. The number of aromatic nitrogens is 2. The summed E-state index contributed by atoms with van der Waals surface area (Å²) in [4.78, 5) is 64.7. The first kappa shape index (κ1) is 37.0. The SMILES string of the molecule is CCC1CC=CNC1=NCCOc1ccc2nc(CCCCC[C@@H]3CC3OC(=O)NCC(=O)N3CC[C@@H](CC)[C@H]3C(=O)C(C)C)c(=O)[nH]c2c1. The zero-order valence-corrected chi connectivity index (χ0v) is 30.0. The number of unbranched alkanes of at least 4 members (excludes halogenated alkanes) is 2. The number of Topliss-reactive ketones (excluding diaryl/α,β-unsaturated/α-hetero) is 1. The molecule has 3 aliphatic rings. The normalized spacial score (nSPS) is 23.7. The lowest BCUT2D eigenvalue weighted by Crippen LogP contribution is -2.48. The average Bonchev–Trinajstić information content (AvgIpc) is 3.70. The molecule has 5 rings (SSSR count). The Bertz CT molecular complexity index is 1620. The highest BCUT2D eigenvalue weighted by atomic mass is 16.6. The smallest absolute Gasteiger partial charge is 0.407 e. The van der Waals surface area contributed by atoms with Crippen molar-refractivity contribution in [3.05, 3.63) is 46.5 Å². The number of hydrogen-bond acceptors (Lipinski definition) is 8. The fraction of sp³-hybridized carbons (Fsp3) is 0.632. The fourth-order valence-corrected chi connectivity index (χ4v) is 7.10. The van der Waals surface area contributed by atoms with Gasteiger partial charge in [-0.3, -0.25) is 19.4 Å². The number of carbonyl (C=O) groups is 3. The minimum Gasteiger partial charge on any atom is -0.492 e. The molecule has 12 nitrogen and oxygen atoms in total. The van der Waals surface area contributed by atoms with Crippen LogP contribution in [0.15, 0.2) is 40.3 Å². The molecule has 2 aliphatic heterocycles. The molecule has 12 heteroatoms. The van der Waals surface area contributed by atoms with E-state index in [1.807, 2.05) is 45.2 Å². The Kier molecular flexibility index (Phi) is 13.1. The van der Waals surface area contributed by atoms with E-state index >= 15 is 0 Å². The summed E-state index contributed by atoms with van der Waals surface area (Å²) in [5, 5.41) is 5.84. The molecule has 0 spiro atoms. The minimum absolute atomic E-state index is 0.0832. The lowest BCUT2D eigenvalue weighted by Gasteiger charge is -2.28. The highest BCUT2D eigenvalue weighted by Gasteiger charge is 2.42. The molecule has 272 valence electrons. The van der Waals surface area contributed by atoms with Crippen molar-refractivity contribution in [1.29, 1.82) is 0 Å². The first-order valence-corrected chi connectivity index (χ1v) is 18.6. The lowest BCUT2D eigenvalue weighted by atomic mass is 9.89. The van der Waals surface area contributed by atoms with Crippen LogP contribution in [0.3, 0.4) is 0 Å². The van der Waals surface area contributed by atoms with Crippen LogP contribution in [-0.4, -0.2) is 76.9 Å². The second kappa shape index (κ2) is 17.6. The van der Waals surface area contributed by atoms with Crippen LogP contribution >= 0.6 is 0 Å². The summed E-state index contributed by atoms with van der Waals surface area (Å²) in [6.07, 6.45) is 12.1. The number of likely N-dealkylation sites (tertiary alicyclic amines) is 1. The van der Waals surface area contributed by atoms with Crippen molar-refractivity contribution in [2.24, 2.45) is 28.7 Å². The summed E-state index contributed by atoms with van der Waals surface area (Å²) < 4.78 is 11.4. The molecule has 1 saturated heterocycles. The lowest BCUT2D eigenvalue weighted by molar-refractivity contribution is -0.139. The van der Waals surface area contributed by atoms with Gasteiger partial charge in [-0.25, -0.2) is 9.78 Å². The Morgan fingerprint density at radius 2 is 1.96 bits per heavy atom. The van der Waals surface area contributed by atoms with E-state index in [1.165, 1.54) is 0 Å². The number of hydrogen-bond donors (Lipinski definition) is 3. The number of aromatic amines is 1. The zero-order valence-electron chi connectivity index (χ0n) is 30.0. The third-order valence-corrected chi connectivity index (χ3v) is 10.2. The molecule has 2 aromatic rings. The second-order valence-electron chi connectivity index (χ2n) is 14.1. The number of nitrogens with one attached hydrogen (secondary N) is 3. The Labute approximate surface area is 294 Å². The van der Waals surface area contributed by atoms with Crippen molar-refractivity contribution in [2.45, 2.75) is 104 Å². The number of carbonyl (C=O) groups excluding carboxylic acids is 3. The van der Waals surface area contributed by atoms with Gasteiger partial charge in [0.05, 0.1) is 23.6 Å². The number of H-pyrrole nitrogens is 1. The van der Waals surface area contributed by atoms with Gasteiger partial charge in [-0.1, -0.05) is 53.0 Å². The van der Waals surface area contributed by atoms with Gasteiger partial charge in [0.15, 0.2) is 5.78 Å². The standard InChI is InChI=1S/C38H54N6O6/c1-5-25-16-19-44(34(25)35(46)24(3)4)33(45)23-41-38(48)50-32-21-27(32)11-8-7-9-13-30-37(47)43-31-22-28(14-15-29(31)42-30)49-20-18-40-36-26(6-2)12-10-17-39-36/h10,14-15,17,22,24-27,32,34H,5-9,11-13,16,18-21,23H2,1-4H3,(H,39,40)(H,41,48)(H,43,47)/t25-,26?,27-,32?,34+/m1/s1. The van der Waals surface area contributed by atoms with E-state index in [1.54, 1.807) is 4.90 Å². The summed E-state index contributed by atoms with van der Waals surface area (Å²) in [6.45, 7) is 9.29. The number of rotatable bonds is 17. The summed E-state index contributed by atoms with van der Waals surface area (Å²) in [5.41, 5.74) is 1.72. The number of aryl methyl sites for hydroxylation is 1. The molecule has 3 N–H and O–H groups in total. The number of ether oxygens (including phenoxy) is 2. The molecule has 2 unspecified atom stereocenters. The van der Waals surface area contributed by atoms with Gasteiger partial charge in [0.25, 0.3) is 5.56 Å². The third-order valence-electron chi connectivity index (χ3n) is 10.2. The van der Waals surface area contributed by atoms with Gasteiger partial charge < -0.3 is 30.0 Å². The highest BCUT2D eigenvalue weighted by Crippen LogP contribution is 2.38. The van der Waals surface area contributed by atoms with Crippen LogP contribution in [0.5, 0.6) is 5.75 Å². The van der Waals surface area contributed by atoms with E-state index in [0.717, 1.165) is 69.1 Å². The largest absolute Gasteiger partial charge is 0.492 e. The van der Waals surface area contributed by atoms with E-state index < -0.39 is 12.1 Å². The first-order valence-electron chi connectivity index (χ1n) is 18.6. The topological polar surface area (TPSA) is 155 Å². The van der Waals surface area contributed by atoms with Crippen LogP contribution in [0.1, 0.15) is 91.2 Å². The Balaban J connectivity index is 0.969. The second-order valence-corrected chi connectivity index (χ2v) is 14.1. The Morgan fingerprint density at radius 1 is 1.12 bits per heavy atom. The average molecular weight is 691 g/mol. The number of nitrogens with zero attached hydrogens (tertiary/aromatic N) is 3. The number of benzene rings is 1. The van der Waals surface area contributed by atoms with Crippen molar-refractivity contribution >= 4 is 34.7 Å². The van der Waals surface area contributed by atoms with Crippen molar-refractivity contribution in [2.75, 3.05) is 26.2 Å². The quantitative estimate of drug-likeness (QED) is 0.189. The molecule has 0 radical (unpaired) electrons. The summed E-state index contributed by atoms with van der Waals surface area (Å²) in [7, 11) is 0. The number of amides is 2. The van der Waals surface area contributed by atoms with Gasteiger partial charge in [-0.15, -0.1) is 0 Å². The van der Waals surface area contributed by atoms with Gasteiger partial charge in [0.1, 0.15) is 36.5 Å². The number of ketones is 1. The molecule has 1 aliphatic carbocycles. The molecule has 2 fully saturated rings. The molecule has 1 aromatic carbocycles. The van der Waals surface area contributed by atoms with E-state index in [-0.39, 0.29) is 41.7 Å². The molecule has 1 saturated carbocycles. The van der Waals surface area contributed by atoms with Crippen LogP contribution in [-0.2, 0) is 20.7 Å². The summed E-state index contributed by atoms with van der Waals surface area (Å²) in [5.74, 6) is 2.28. The van der Waals surface area contributed by atoms with Gasteiger partial charge in [0, 0.05) is 24.4 Å². The fourth-order valence-electron chi connectivity index (χ4n) is 7.10. The van der Waals surface area contributed by atoms with Crippen LogP contribution in [0.25, 0.3) is 11.0 Å². The summed E-state index contributed by atoms with van der Waals surface area (Å²) in [6, 6.07) is 5.14. The van der Waals surface area contributed by atoms with Gasteiger partial charge in [-0.2, -0.15) is 0 Å². The van der Waals surface area contributed by atoms with Crippen molar-refractivity contribution in [3.8, 4) is 5.75 Å². The zero-order chi connectivity index (χ0) is 35.6. The first-order chi connectivity index (χ1) is 24.2. The monoisotopic (exact) mass is 690 g/mol. The molecule has 3 heterocycles. The van der Waals surface area contributed by atoms with E-state index in [9.17, 15) is 19.2 Å². The Morgan fingerprint density at radius 3 is 2.74 bits per heavy atom. The van der Waals surface area contributed by atoms with Gasteiger partial charge in [0.2, 0.25) is 5.91 Å². The number of amidine groups is 1. The number of fused-ring (bicyclic) bond motifs is 1. The maximum atomic E-state index is 12.9. The van der Waals surface area contributed by atoms with Crippen LogP contribution in [0, 0.1) is 23.7 Å². The van der Waals surface area contributed by atoms with Crippen LogP contribution in [0.2, 0.25) is 0 Å². The molecule has 1 aromatic heterocycles. The van der Waals surface area contributed by atoms with E-state index in [4.69, 9.17) is 9.47 Å². The van der Waals surface area contributed by atoms with E-state index in [0.29, 0.717) is 54.9 Å². The third kappa shape index (κ3) is 9.72. The van der Waals surface area contributed by atoms with E-state index in [2.05, 4.69) is 38.6 Å². The molecular formula is C38H54N6O6. The maximum Gasteiger partial charge on any atom is 0.407 e. The van der Waals surface area contributed by atoms with Crippen molar-refractivity contribution in [3.63, 3.8) is 0 Å². The van der Waals surface area contributed by atoms with Gasteiger partial charge in [-0.05, 0) is 75.1 Å². The molecule has 5 atom stereocenters. The highest BCUT2D eigenvalue weighted by molar-refractivity contribution is 5.92. The number of alkyl carbamates (subject to hydrolysis) is 1. The number of aliphatic imine (C=N–C) groups is 1. The molecular weight excluding hydrogens is 636 g/mol. The summed E-state index contributed by atoms with van der Waals surface area (Å²) >= 11 is 0. The Hall–Kier alpha value is -4.22. The molecule has 2 amide bonds. The maximum absolute atomic E-state index is 12.9. The predicted molar refractivity (Wildman–Crippen MR) is 193 cm³/mol. The minimum atomic E-state index is -0.589. The number of allylic oxidation sites excluding steroid dienone is 1.